The number of nitrogens with zero attached hydrogens (tertiary/aromatic N) is 1. The molecule has 0 aliphatic rings. The number of aryl methyl sites for hydroxylation is 1. The maximum Gasteiger partial charge on any atom is 0.259 e. The highest BCUT2D eigenvalue weighted by molar-refractivity contribution is 9.10. The van der Waals surface area contributed by atoms with Crippen molar-refractivity contribution >= 4 is 33.3 Å². The zero-order valence-corrected chi connectivity index (χ0v) is 11.7. The zero-order valence-electron chi connectivity index (χ0n) is 10.1. The number of rotatable bonds is 2. The number of amides is 1. The van der Waals surface area contributed by atoms with Crippen molar-refractivity contribution in [3.05, 3.63) is 51.9 Å². The lowest BCUT2D eigenvalue weighted by atomic mass is 10.1. The zero-order chi connectivity index (χ0) is 14.0. The van der Waals surface area contributed by atoms with E-state index in [1.54, 1.807) is 6.20 Å². The highest BCUT2D eigenvalue weighted by Crippen LogP contribution is 2.19. The minimum atomic E-state index is -0.514. The lowest BCUT2D eigenvalue weighted by Crippen LogP contribution is -2.16. The molecule has 0 saturated heterocycles. The highest BCUT2D eigenvalue weighted by Gasteiger charge is 2.13. The van der Waals surface area contributed by atoms with Crippen molar-refractivity contribution in [1.82, 2.24) is 4.98 Å². The maximum atomic E-state index is 13.1. The van der Waals surface area contributed by atoms with Crippen molar-refractivity contribution in [3.63, 3.8) is 0 Å². The molecule has 98 valence electrons. The summed E-state index contributed by atoms with van der Waals surface area (Å²) in [4.78, 5) is 16.1. The number of benzene rings is 1. The molecule has 0 unspecified atom stereocenters. The summed E-state index contributed by atoms with van der Waals surface area (Å²) in [6, 6.07) is 5.47. The van der Waals surface area contributed by atoms with Crippen LogP contribution in [0, 0.1) is 12.7 Å². The van der Waals surface area contributed by atoms with E-state index in [2.05, 4.69) is 26.2 Å². The van der Waals surface area contributed by atoms with Gasteiger partial charge in [0, 0.05) is 16.4 Å². The number of nitrogen functional groups attached to an aromatic ring is 1. The molecular weight excluding hydrogens is 313 g/mol. The number of nitrogens with one attached hydrogen (secondary N) is 1. The molecule has 0 atom stereocenters. The van der Waals surface area contributed by atoms with Gasteiger partial charge < -0.3 is 11.1 Å². The molecule has 0 fully saturated rings. The molecule has 2 aromatic rings. The van der Waals surface area contributed by atoms with Crippen molar-refractivity contribution in [2.75, 3.05) is 11.1 Å². The first-order valence-corrected chi connectivity index (χ1v) is 6.25. The van der Waals surface area contributed by atoms with Crippen molar-refractivity contribution in [2.45, 2.75) is 6.92 Å². The van der Waals surface area contributed by atoms with Crippen molar-refractivity contribution in [1.29, 1.82) is 0 Å². The number of pyridine rings is 1. The Morgan fingerprint density at radius 2 is 2.16 bits per heavy atom. The Morgan fingerprint density at radius 1 is 1.42 bits per heavy atom. The first-order chi connectivity index (χ1) is 8.97. The summed E-state index contributed by atoms with van der Waals surface area (Å²) in [6.45, 7) is 1.81. The number of anilines is 2. The first-order valence-electron chi connectivity index (χ1n) is 5.46. The van der Waals surface area contributed by atoms with E-state index in [0.717, 1.165) is 16.1 Å². The molecule has 1 heterocycles. The topological polar surface area (TPSA) is 68.0 Å². The molecular formula is C13H11BrFN3O. The van der Waals surface area contributed by atoms with Crippen LogP contribution in [-0.2, 0) is 0 Å². The smallest absolute Gasteiger partial charge is 0.259 e. The maximum absolute atomic E-state index is 13.1. The monoisotopic (exact) mass is 323 g/mol. The van der Waals surface area contributed by atoms with Crippen LogP contribution in [0.15, 0.2) is 34.9 Å². The molecule has 0 saturated carbocycles. The minimum Gasteiger partial charge on any atom is -0.398 e. The van der Waals surface area contributed by atoms with Crippen LogP contribution in [0.1, 0.15) is 15.9 Å². The predicted octanol–water partition coefficient (Wildman–Crippen LogP) is 3.13. The highest BCUT2D eigenvalue weighted by atomic mass is 79.9. The number of carbonyl (C=O) groups is 1. The van der Waals surface area contributed by atoms with Gasteiger partial charge in [-0.25, -0.2) is 9.37 Å². The predicted molar refractivity (Wildman–Crippen MR) is 75.4 cm³/mol. The van der Waals surface area contributed by atoms with Crippen LogP contribution in [-0.4, -0.2) is 10.9 Å². The van der Waals surface area contributed by atoms with Gasteiger partial charge in [-0.3, -0.25) is 4.79 Å². The largest absolute Gasteiger partial charge is 0.398 e. The van der Waals surface area contributed by atoms with Crippen LogP contribution in [0.2, 0.25) is 0 Å². The van der Waals surface area contributed by atoms with E-state index in [1.807, 2.05) is 13.0 Å². The summed E-state index contributed by atoms with van der Waals surface area (Å²) >= 11 is 3.28. The van der Waals surface area contributed by atoms with Gasteiger partial charge in [-0.1, -0.05) is 0 Å². The second-order valence-electron chi connectivity index (χ2n) is 4.00. The third kappa shape index (κ3) is 3.08. The molecule has 4 nitrogen and oxygen atoms in total. The summed E-state index contributed by atoms with van der Waals surface area (Å²) in [5.74, 6) is -0.591. The fraction of sp³-hybridized carbons (Fsp3) is 0.0769. The van der Waals surface area contributed by atoms with Crippen molar-refractivity contribution < 1.29 is 9.18 Å². The quantitative estimate of drug-likeness (QED) is 0.834. The molecule has 1 aromatic heterocycles. The van der Waals surface area contributed by atoms with Crippen LogP contribution in [0.5, 0.6) is 0 Å². The van der Waals surface area contributed by atoms with Gasteiger partial charge in [0.15, 0.2) is 0 Å². The Hall–Kier alpha value is -1.95. The van der Waals surface area contributed by atoms with Gasteiger partial charge in [-0.05, 0) is 52.7 Å². The fourth-order valence-electron chi connectivity index (χ4n) is 1.57. The summed E-state index contributed by atoms with van der Waals surface area (Å²) in [6.07, 6.45) is 1.57. The van der Waals surface area contributed by atoms with Gasteiger partial charge >= 0.3 is 0 Å². The van der Waals surface area contributed by atoms with E-state index in [9.17, 15) is 9.18 Å². The van der Waals surface area contributed by atoms with Crippen LogP contribution in [0.25, 0.3) is 0 Å². The number of aromatic nitrogens is 1. The van der Waals surface area contributed by atoms with Crippen molar-refractivity contribution in [2.24, 2.45) is 0 Å². The van der Waals surface area contributed by atoms with E-state index < -0.39 is 11.7 Å². The Labute approximate surface area is 118 Å². The first kappa shape index (κ1) is 13.5. The van der Waals surface area contributed by atoms with Crippen LogP contribution in [0.3, 0.4) is 0 Å². The normalized spacial score (nSPS) is 10.3. The lowest BCUT2D eigenvalue weighted by Gasteiger charge is -2.09. The Bertz CT molecular complexity index is 646. The van der Waals surface area contributed by atoms with E-state index in [0.29, 0.717) is 5.82 Å². The number of halogens is 2. The SMILES string of the molecule is Cc1cc(Br)cnc1NC(=O)c1cc(F)ccc1N. The van der Waals surface area contributed by atoms with Crippen LogP contribution >= 0.6 is 15.9 Å². The number of carbonyl (C=O) groups excluding carboxylic acids is 1. The van der Waals surface area contributed by atoms with E-state index in [1.165, 1.54) is 12.1 Å². The summed E-state index contributed by atoms with van der Waals surface area (Å²) in [5.41, 5.74) is 6.74. The van der Waals surface area contributed by atoms with E-state index >= 15 is 0 Å². The fourth-order valence-corrected chi connectivity index (χ4v) is 2.02. The molecule has 0 spiro atoms. The molecule has 1 aromatic carbocycles. The van der Waals surface area contributed by atoms with Crippen molar-refractivity contribution in [3.8, 4) is 0 Å². The third-order valence-corrected chi connectivity index (χ3v) is 2.97. The Balaban J connectivity index is 2.28. The summed E-state index contributed by atoms with van der Waals surface area (Å²) in [7, 11) is 0. The lowest BCUT2D eigenvalue weighted by molar-refractivity contribution is 0.102. The van der Waals surface area contributed by atoms with Gasteiger partial charge in [0.2, 0.25) is 0 Å². The number of hydrogen-bond donors (Lipinski definition) is 2. The van der Waals surface area contributed by atoms with Gasteiger partial charge in [-0.15, -0.1) is 0 Å². The van der Waals surface area contributed by atoms with E-state index in [-0.39, 0.29) is 11.3 Å². The standard InChI is InChI=1S/C13H11BrFN3O/c1-7-4-8(14)6-17-12(7)18-13(19)10-5-9(15)2-3-11(10)16/h2-6H,16H2,1H3,(H,17,18,19). The van der Waals surface area contributed by atoms with Gasteiger partial charge in [0.25, 0.3) is 5.91 Å². The van der Waals surface area contributed by atoms with Gasteiger partial charge in [0.05, 0.1) is 5.56 Å². The molecule has 2 rings (SSSR count). The molecule has 3 N–H and O–H groups in total. The minimum absolute atomic E-state index is 0.0871. The summed E-state index contributed by atoms with van der Waals surface area (Å²) in [5, 5.41) is 2.60. The molecule has 19 heavy (non-hydrogen) atoms. The molecule has 0 radical (unpaired) electrons. The van der Waals surface area contributed by atoms with Crippen LogP contribution in [0.4, 0.5) is 15.9 Å². The molecule has 6 heteroatoms. The molecule has 1 amide bonds. The number of hydrogen-bond acceptors (Lipinski definition) is 3. The Morgan fingerprint density at radius 3 is 2.84 bits per heavy atom. The molecule has 0 aliphatic carbocycles. The summed E-state index contributed by atoms with van der Waals surface area (Å²) < 4.78 is 13.9. The molecule has 0 aliphatic heterocycles. The Kier molecular flexibility index (Phi) is 3.80. The van der Waals surface area contributed by atoms with E-state index in [4.69, 9.17) is 5.73 Å². The average Bonchev–Trinajstić information content (AvgIpc) is 2.35. The number of nitrogens with two attached hydrogens (primary N) is 1. The second-order valence-corrected chi connectivity index (χ2v) is 4.92. The van der Waals surface area contributed by atoms with Crippen LogP contribution < -0.4 is 11.1 Å². The molecule has 0 bridgehead atoms. The second kappa shape index (κ2) is 5.36. The van der Waals surface area contributed by atoms with Gasteiger partial charge in [0.1, 0.15) is 11.6 Å². The third-order valence-electron chi connectivity index (χ3n) is 2.54. The van der Waals surface area contributed by atoms with Gasteiger partial charge in [-0.2, -0.15) is 0 Å². The average molecular weight is 324 g/mol.